The van der Waals surface area contributed by atoms with Crippen LogP contribution in [0.3, 0.4) is 0 Å². The predicted molar refractivity (Wildman–Crippen MR) is 56.3 cm³/mol. The van der Waals surface area contributed by atoms with Crippen molar-refractivity contribution in [3.8, 4) is 5.75 Å². The highest BCUT2D eigenvalue weighted by molar-refractivity contribution is 5.40. The molecule has 0 bridgehead atoms. The molecule has 1 nitrogen and oxygen atoms in total. The summed E-state index contributed by atoms with van der Waals surface area (Å²) in [5.74, 6) is 0.931. The molecule has 0 saturated carbocycles. The molecular formula is C12H16O. The van der Waals surface area contributed by atoms with Crippen molar-refractivity contribution < 1.29 is 4.74 Å². The first-order valence-electron chi connectivity index (χ1n) is 4.46. The van der Waals surface area contributed by atoms with Crippen LogP contribution in [0.4, 0.5) is 0 Å². The molecule has 0 atom stereocenters. The molecule has 0 N–H and O–H groups in total. The Morgan fingerprint density at radius 2 is 1.77 bits per heavy atom. The van der Waals surface area contributed by atoms with Crippen LogP contribution in [-0.4, -0.2) is 6.61 Å². The summed E-state index contributed by atoms with van der Waals surface area (Å²) in [5.41, 5.74) is 3.89. The van der Waals surface area contributed by atoms with Gasteiger partial charge in [0.15, 0.2) is 0 Å². The first-order valence-corrected chi connectivity index (χ1v) is 4.46. The van der Waals surface area contributed by atoms with Crippen LogP contribution in [0.2, 0.25) is 0 Å². The lowest BCUT2D eigenvalue weighted by Crippen LogP contribution is -1.95. The lowest BCUT2D eigenvalue weighted by Gasteiger charge is -2.09. The number of benzene rings is 1. The van der Waals surface area contributed by atoms with E-state index in [9.17, 15) is 0 Å². The Morgan fingerprint density at radius 1 is 1.23 bits per heavy atom. The van der Waals surface area contributed by atoms with E-state index in [-0.39, 0.29) is 0 Å². The standard InChI is InChI=1S/C12H16O/c1-5-6-13-12-7-9(2)11(4)10(3)8-12/h5,7-8H,1,6H2,2-4H3. The maximum atomic E-state index is 5.45. The third-order valence-electron chi connectivity index (χ3n) is 2.27. The van der Waals surface area contributed by atoms with Gasteiger partial charge in [-0.25, -0.2) is 0 Å². The molecule has 0 unspecified atom stereocenters. The molecule has 0 saturated heterocycles. The number of hydrogen-bond donors (Lipinski definition) is 0. The Balaban J connectivity index is 2.92. The Hall–Kier alpha value is -1.24. The summed E-state index contributed by atoms with van der Waals surface area (Å²) in [5, 5.41) is 0. The van der Waals surface area contributed by atoms with E-state index in [4.69, 9.17) is 4.74 Å². The van der Waals surface area contributed by atoms with E-state index in [0.29, 0.717) is 6.61 Å². The number of ether oxygens (including phenoxy) is 1. The van der Waals surface area contributed by atoms with Gasteiger partial charge in [-0.2, -0.15) is 0 Å². The molecule has 0 amide bonds. The van der Waals surface area contributed by atoms with Gasteiger partial charge in [-0.05, 0) is 49.6 Å². The molecule has 0 spiro atoms. The van der Waals surface area contributed by atoms with Crippen molar-refractivity contribution in [2.24, 2.45) is 0 Å². The van der Waals surface area contributed by atoms with Crippen molar-refractivity contribution in [3.05, 3.63) is 41.5 Å². The topological polar surface area (TPSA) is 9.23 Å². The lowest BCUT2D eigenvalue weighted by atomic mass is 10.0. The van der Waals surface area contributed by atoms with Gasteiger partial charge in [-0.1, -0.05) is 12.7 Å². The van der Waals surface area contributed by atoms with Crippen LogP contribution >= 0.6 is 0 Å². The van der Waals surface area contributed by atoms with Crippen molar-refractivity contribution in [1.82, 2.24) is 0 Å². The highest BCUT2D eigenvalue weighted by Crippen LogP contribution is 2.20. The van der Waals surface area contributed by atoms with Gasteiger partial charge in [-0.3, -0.25) is 0 Å². The number of rotatable bonds is 3. The van der Waals surface area contributed by atoms with Gasteiger partial charge in [-0.15, -0.1) is 0 Å². The lowest BCUT2D eigenvalue weighted by molar-refractivity contribution is 0.362. The molecule has 13 heavy (non-hydrogen) atoms. The van der Waals surface area contributed by atoms with Crippen LogP contribution in [-0.2, 0) is 0 Å². The summed E-state index contributed by atoms with van der Waals surface area (Å²) in [6, 6.07) is 4.12. The van der Waals surface area contributed by atoms with Crippen molar-refractivity contribution in [1.29, 1.82) is 0 Å². The van der Waals surface area contributed by atoms with Crippen molar-refractivity contribution in [3.63, 3.8) is 0 Å². The average Bonchev–Trinajstić information content (AvgIpc) is 2.10. The van der Waals surface area contributed by atoms with Gasteiger partial charge in [0.1, 0.15) is 12.4 Å². The molecule has 0 aliphatic rings. The molecule has 1 aromatic rings. The molecule has 0 aliphatic heterocycles. The van der Waals surface area contributed by atoms with Crippen molar-refractivity contribution >= 4 is 0 Å². The Bertz CT molecular complexity index is 290. The fourth-order valence-electron chi connectivity index (χ4n) is 1.23. The van der Waals surface area contributed by atoms with Gasteiger partial charge >= 0.3 is 0 Å². The SMILES string of the molecule is C=CCOc1cc(C)c(C)c(C)c1. The molecule has 0 aliphatic carbocycles. The Labute approximate surface area is 80.0 Å². The molecule has 0 aromatic heterocycles. The molecule has 0 radical (unpaired) electrons. The van der Waals surface area contributed by atoms with Gasteiger partial charge in [0.25, 0.3) is 0 Å². The van der Waals surface area contributed by atoms with Crippen LogP contribution in [0.15, 0.2) is 24.8 Å². The largest absolute Gasteiger partial charge is 0.490 e. The smallest absolute Gasteiger partial charge is 0.120 e. The average molecular weight is 176 g/mol. The van der Waals surface area contributed by atoms with Gasteiger partial charge in [0, 0.05) is 0 Å². The zero-order chi connectivity index (χ0) is 9.84. The maximum absolute atomic E-state index is 5.45. The minimum absolute atomic E-state index is 0.571. The van der Waals surface area contributed by atoms with Crippen molar-refractivity contribution in [2.75, 3.05) is 6.61 Å². The Morgan fingerprint density at radius 3 is 2.23 bits per heavy atom. The van der Waals surface area contributed by atoms with E-state index in [1.807, 2.05) is 0 Å². The summed E-state index contributed by atoms with van der Waals surface area (Å²) in [6.07, 6.45) is 1.75. The summed E-state index contributed by atoms with van der Waals surface area (Å²) in [4.78, 5) is 0. The minimum atomic E-state index is 0.571. The molecule has 1 heteroatoms. The Kier molecular flexibility index (Phi) is 3.13. The first kappa shape index (κ1) is 9.85. The maximum Gasteiger partial charge on any atom is 0.120 e. The third kappa shape index (κ3) is 2.35. The van der Waals surface area contributed by atoms with Crippen LogP contribution in [0, 0.1) is 20.8 Å². The normalized spacial score (nSPS) is 9.77. The zero-order valence-corrected chi connectivity index (χ0v) is 8.55. The number of hydrogen-bond acceptors (Lipinski definition) is 1. The minimum Gasteiger partial charge on any atom is -0.490 e. The number of aryl methyl sites for hydroxylation is 2. The van der Waals surface area contributed by atoms with E-state index in [0.717, 1.165) is 5.75 Å². The monoisotopic (exact) mass is 176 g/mol. The molecule has 0 heterocycles. The second kappa shape index (κ2) is 4.13. The van der Waals surface area contributed by atoms with Crippen LogP contribution in [0.1, 0.15) is 16.7 Å². The summed E-state index contributed by atoms with van der Waals surface area (Å²) in [7, 11) is 0. The predicted octanol–water partition coefficient (Wildman–Crippen LogP) is 3.18. The molecule has 0 fully saturated rings. The molecular weight excluding hydrogens is 160 g/mol. The van der Waals surface area contributed by atoms with E-state index < -0.39 is 0 Å². The molecule has 1 aromatic carbocycles. The second-order valence-electron chi connectivity index (χ2n) is 3.28. The zero-order valence-electron chi connectivity index (χ0n) is 8.55. The fraction of sp³-hybridized carbons (Fsp3) is 0.333. The van der Waals surface area contributed by atoms with E-state index in [2.05, 4.69) is 39.5 Å². The van der Waals surface area contributed by atoms with Gasteiger partial charge in [0.05, 0.1) is 0 Å². The fourth-order valence-corrected chi connectivity index (χ4v) is 1.23. The summed E-state index contributed by atoms with van der Waals surface area (Å²) in [6.45, 7) is 10.5. The first-order chi connectivity index (χ1) is 6.15. The van der Waals surface area contributed by atoms with E-state index in [1.54, 1.807) is 6.08 Å². The van der Waals surface area contributed by atoms with Crippen molar-refractivity contribution in [2.45, 2.75) is 20.8 Å². The molecule has 70 valence electrons. The third-order valence-corrected chi connectivity index (χ3v) is 2.27. The van der Waals surface area contributed by atoms with E-state index in [1.165, 1.54) is 16.7 Å². The second-order valence-corrected chi connectivity index (χ2v) is 3.28. The summed E-state index contributed by atoms with van der Waals surface area (Å²) < 4.78 is 5.45. The van der Waals surface area contributed by atoms with Gasteiger partial charge in [0.2, 0.25) is 0 Å². The van der Waals surface area contributed by atoms with Gasteiger partial charge < -0.3 is 4.74 Å². The van der Waals surface area contributed by atoms with Crippen LogP contribution in [0.5, 0.6) is 5.75 Å². The van der Waals surface area contributed by atoms with Crippen LogP contribution < -0.4 is 4.74 Å². The quantitative estimate of drug-likeness (QED) is 0.643. The summed E-state index contributed by atoms with van der Waals surface area (Å²) >= 11 is 0. The molecule has 1 rings (SSSR count). The van der Waals surface area contributed by atoms with E-state index >= 15 is 0 Å². The van der Waals surface area contributed by atoms with Crippen LogP contribution in [0.25, 0.3) is 0 Å². The highest BCUT2D eigenvalue weighted by atomic mass is 16.5. The highest BCUT2D eigenvalue weighted by Gasteiger charge is 2.00.